The van der Waals surface area contributed by atoms with Crippen LogP contribution in [0.5, 0.6) is 5.75 Å². The van der Waals surface area contributed by atoms with Gasteiger partial charge in [0.25, 0.3) is 0 Å². The van der Waals surface area contributed by atoms with Crippen LogP contribution < -0.4 is 10.1 Å². The summed E-state index contributed by atoms with van der Waals surface area (Å²) < 4.78 is 11.7. The van der Waals surface area contributed by atoms with Crippen molar-refractivity contribution in [1.82, 2.24) is 9.97 Å². The van der Waals surface area contributed by atoms with E-state index in [1.165, 1.54) is 0 Å². The molecule has 6 heteroatoms. The van der Waals surface area contributed by atoms with Crippen molar-refractivity contribution < 1.29 is 9.47 Å². The zero-order valence-electron chi connectivity index (χ0n) is 11.9. The van der Waals surface area contributed by atoms with Crippen LogP contribution in [0.4, 0.5) is 5.82 Å². The van der Waals surface area contributed by atoms with E-state index in [1.807, 2.05) is 25.2 Å². The third-order valence-electron chi connectivity index (χ3n) is 3.47. The third-order valence-corrected chi connectivity index (χ3v) is 4.17. The van der Waals surface area contributed by atoms with Gasteiger partial charge in [0, 0.05) is 29.1 Å². The average Bonchev–Trinajstić information content (AvgIpc) is 2.54. The number of hydrogen-bond donors (Lipinski definition) is 1. The number of nitrogens with zero attached hydrogens (tertiary/aromatic N) is 2. The molecule has 1 aromatic heterocycles. The Bertz CT molecular complexity index is 659. The third kappa shape index (κ3) is 2.73. The average molecular weight is 350 g/mol. The number of fused-ring (bicyclic) bond motifs is 1. The molecule has 3 rings (SSSR count). The van der Waals surface area contributed by atoms with Gasteiger partial charge >= 0.3 is 0 Å². The topological polar surface area (TPSA) is 56.3 Å². The van der Waals surface area contributed by atoms with Gasteiger partial charge in [0.2, 0.25) is 0 Å². The first kappa shape index (κ1) is 14.3. The highest BCUT2D eigenvalue weighted by Crippen LogP contribution is 2.32. The number of anilines is 1. The Kier molecular flexibility index (Phi) is 4.07. The van der Waals surface area contributed by atoms with Gasteiger partial charge in [0.1, 0.15) is 11.6 Å². The molecular weight excluding hydrogens is 334 g/mol. The molecule has 0 saturated heterocycles. The fourth-order valence-electron chi connectivity index (χ4n) is 2.36. The maximum atomic E-state index is 5.49. The molecule has 0 radical (unpaired) electrons. The minimum atomic E-state index is 0.561. The van der Waals surface area contributed by atoms with Crippen LogP contribution in [-0.2, 0) is 17.8 Å². The van der Waals surface area contributed by atoms with Gasteiger partial charge in [-0.2, -0.15) is 0 Å². The summed E-state index contributed by atoms with van der Waals surface area (Å²) >= 11 is 3.56. The van der Waals surface area contributed by atoms with Gasteiger partial charge in [-0.3, -0.25) is 0 Å². The molecule has 0 spiro atoms. The van der Waals surface area contributed by atoms with E-state index < -0.39 is 0 Å². The number of nitrogens with one attached hydrogen (secondary N) is 1. The zero-order chi connectivity index (χ0) is 14.8. The van der Waals surface area contributed by atoms with E-state index in [1.54, 1.807) is 7.11 Å². The summed E-state index contributed by atoms with van der Waals surface area (Å²) in [6.45, 7) is 1.26. The van der Waals surface area contributed by atoms with E-state index in [0.717, 1.165) is 39.3 Å². The molecule has 0 aliphatic carbocycles. The Morgan fingerprint density at radius 2 is 2.19 bits per heavy atom. The quantitative estimate of drug-likeness (QED) is 0.922. The Balaban J connectivity index is 2.14. The van der Waals surface area contributed by atoms with Crippen molar-refractivity contribution in [3.05, 3.63) is 33.9 Å². The molecule has 2 heterocycles. The number of ether oxygens (including phenoxy) is 2. The molecule has 5 nitrogen and oxygen atoms in total. The lowest BCUT2D eigenvalue weighted by molar-refractivity contribution is 0.109. The molecule has 0 amide bonds. The summed E-state index contributed by atoms with van der Waals surface area (Å²) in [6.07, 6.45) is 0.807. The van der Waals surface area contributed by atoms with Crippen LogP contribution in [-0.4, -0.2) is 30.7 Å². The second-order valence-corrected chi connectivity index (χ2v) is 5.57. The molecule has 0 unspecified atom stereocenters. The number of hydrogen-bond acceptors (Lipinski definition) is 5. The molecule has 21 heavy (non-hydrogen) atoms. The van der Waals surface area contributed by atoms with Crippen LogP contribution in [0.25, 0.3) is 11.4 Å². The largest absolute Gasteiger partial charge is 0.497 e. The molecule has 1 N–H and O–H groups in total. The van der Waals surface area contributed by atoms with Crippen LogP contribution in [0, 0.1) is 0 Å². The summed E-state index contributed by atoms with van der Waals surface area (Å²) in [5, 5.41) is 3.14. The van der Waals surface area contributed by atoms with Crippen molar-refractivity contribution >= 4 is 21.7 Å². The Hall–Kier alpha value is -1.66. The summed E-state index contributed by atoms with van der Waals surface area (Å²) in [4.78, 5) is 9.33. The Labute approximate surface area is 131 Å². The van der Waals surface area contributed by atoms with Gasteiger partial charge in [0.05, 0.1) is 26.0 Å². The van der Waals surface area contributed by atoms with Gasteiger partial charge in [-0.1, -0.05) is 15.9 Å². The van der Waals surface area contributed by atoms with Crippen LogP contribution in [0.2, 0.25) is 0 Å². The number of aromatic nitrogens is 2. The molecule has 0 bridgehead atoms. The van der Waals surface area contributed by atoms with Crippen molar-refractivity contribution in [2.45, 2.75) is 13.0 Å². The minimum Gasteiger partial charge on any atom is -0.497 e. The molecule has 0 atom stereocenters. The first-order valence-electron chi connectivity index (χ1n) is 6.72. The lowest BCUT2D eigenvalue weighted by atomic mass is 10.1. The van der Waals surface area contributed by atoms with E-state index in [2.05, 4.69) is 26.2 Å². The van der Waals surface area contributed by atoms with Crippen LogP contribution in [0.3, 0.4) is 0 Å². The standard InChI is InChI=1S/C15H16BrN3O2/c1-17-14-11-8-21-6-5-13(11)18-15(19-14)10-7-9(20-2)3-4-12(10)16/h3-4,7H,5-6,8H2,1-2H3,(H,17,18,19). The van der Waals surface area contributed by atoms with E-state index in [-0.39, 0.29) is 0 Å². The van der Waals surface area contributed by atoms with Crippen LogP contribution in [0.15, 0.2) is 22.7 Å². The summed E-state index contributed by atoms with van der Waals surface area (Å²) in [5.74, 6) is 2.29. The van der Waals surface area contributed by atoms with E-state index in [0.29, 0.717) is 19.0 Å². The monoisotopic (exact) mass is 349 g/mol. The summed E-state index contributed by atoms with van der Waals surface area (Å²) in [7, 11) is 3.51. The van der Waals surface area contributed by atoms with Gasteiger partial charge < -0.3 is 14.8 Å². The minimum absolute atomic E-state index is 0.561. The molecule has 1 aliphatic rings. The maximum Gasteiger partial charge on any atom is 0.163 e. The van der Waals surface area contributed by atoms with E-state index in [4.69, 9.17) is 14.5 Å². The van der Waals surface area contributed by atoms with Crippen LogP contribution in [0.1, 0.15) is 11.3 Å². The van der Waals surface area contributed by atoms with E-state index >= 15 is 0 Å². The highest BCUT2D eigenvalue weighted by molar-refractivity contribution is 9.10. The summed E-state index contributed by atoms with van der Waals surface area (Å²) in [6, 6.07) is 5.78. The number of halogens is 1. The van der Waals surface area contributed by atoms with Crippen molar-refractivity contribution in [3.63, 3.8) is 0 Å². The van der Waals surface area contributed by atoms with Crippen molar-refractivity contribution in [3.8, 4) is 17.1 Å². The molecule has 0 fully saturated rings. The first-order valence-corrected chi connectivity index (χ1v) is 7.51. The van der Waals surface area contributed by atoms with Gasteiger partial charge in [-0.25, -0.2) is 9.97 Å². The smallest absolute Gasteiger partial charge is 0.163 e. The highest BCUT2D eigenvalue weighted by atomic mass is 79.9. The SMILES string of the molecule is CNc1nc(-c2cc(OC)ccc2Br)nc2c1COCC2. The predicted octanol–water partition coefficient (Wildman–Crippen LogP) is 3.03. The van der Waals surface area contributed by atoms with Crippen LogP contribution >= 0.6 is 15.9 Å². The maximum absolute atomic E-state index is 5.49. The number of benzene rings is 1. The first-order chi connectivity index (χ1) is 10.2. The lowest BCUT2D eigenvalue weighted by Gasteiger charge is -2.19. The van der Waals surface area contributed by atoms with Crippen molar-refractivity contribution in [1.29, 1.82) is 0 Å². The highest BCUT2D eigenvalue weighted by Gasteiger charge is 2.19. The molecule has 1 aliphatic heterocycles. The normalized spacial score (nSPS) is 13.7. The molecular formula is C15H16BrN3O2. The molecule has 110 valence electrons. The second-order valence-electron chi connectivity index (χ2n) is 4.72. The van der Waals surface area contributed by atoms with Gasteiger partial charge in [0.15, 0.2) is 5.82 Å². The Morgan fingerprint density at radius 1 is 1.33 bits per heavy atom. The lowest BCUT2D eigenvalue weighted by Crippen LogP contribution is -2.16. The van der Waals surface area contributed by atoms with Crippen molar-refractivity contribution in [2.75, 3.05) is 26.1 Å². The summed E-state index contributed by atoms with van der Waals surface area (Å²) in [5.41, 5.74) is 3.01. The van der Waals surface area contributed by atoms with Gasteiger partial charge in [-0.15, -0.1) is 0 Å². The van der Waals surface area contributed by atoms with E-state index in [9.17, 15) is 0 Å². The molecule has 2 aromatic rings. The fourth-order valence-corrected chi connectivity index (χ4v) is 2.79. The second kappa shape index (κ2) is 5.99. The van der Waals surface area contributed by atoms with Crippen molar-refractivity contribution in [2.24, 2.45) is 0 Å². The van der Waals surface area contributed by atoms with Gasteiger partial charge in [-0.05, 0) is 18.2 Å². The molecule has 1 aromatic carbocycles. The zero-order valence-corrected chi connectivity index (χ0v) is 13.5. The number of rotatable bonds is 3. The predicted molar refractivity (Wildman–Crippen MR) is 84.6 cm³/mol. The Morgan fingerprint density at radius 3 is 2.95 bits per heavy atom. The fraction of sp³-hybridized carbons (Fsp3) is 0.333. The number of methoxy groups -OCH3 is 1. The molecule has 0 saturated carbocycles.